The molecule has 2 atom stereocenters. The monoisotopic (exact) mass is 127 g/mol. The zero-order chi connectivity index (χ0) is 6.69. The van der Waals surface area contributed by atoms with Gasteiger partial charge in [-0.05, 0) is 6.42 Å². The molecule has 1 aliphatic heterocycles. The number of rotatable bonds is 2. The minimum atomic E-state index is 0.176. The number of hydrogen-bond acceptors (Lipinski definition) is 2. The molecule has 0 radical (unpaired) electrons. The second-order valence-corrected chi connectivity index (χ2v) is 2.30. The van der Waals surface area contributed by atoms with Crippen LogP contribution in [0, 0.1) is 0 Å². The van der Waals surface area contributed by atoms with Crippen LogP contribution >= 0.6 is 0 Å². The first-order chi connectivity index (χ1) is 4.34. The van der Waals surface area contributed by atoms with Gasteiger partial charge in [0.05, 0.1) is 12.7 Å². The van der Waals surface area contributed by atoms with E-state index < -0.39 is 0 Å². The molecule has 2 N–H and O–H groups in total. The molecule has 1 unspecified atom stereocenters. The van der Waals surface area contributed by atoms with Gasteiger partial charge in [0.25, 0.3) is 0 Å². The molecule has 0 aromatic carbocycles. The van der Waals surface area contributed by atoms with Gasteiger partial charge in [0.1, 0.15) is 0 Å². The highest BCUT2D eigenvalue weighted by Gasteiger charge is 2.15. The van der Waals surface area contributed by atoms with E-state index in [0.717, 1.165) is 13.0 Å². The van der Waals surface area contributed by atoms with Crippen LogP contribution in [0.1, 0.15) is 13.3 Å². The van der Waals surface area contributed by atoms with E-state index in [9.17, 15) is 0 Å². The van der Waals surface area contributed by atoms with Crippen molar-refractivity contribution in [2.45, 2.75) is 25.5 Å². The largest absolute Gasteiger partial charge is 0.368 e. The fourth-order valence-corrected chi connectivity index (χ4v) is 0.911. The molecule has 2 nitrogen and oxygen atoms in total. The molecule has 0 bridgehead atoms. The highest BCUT2D eigenvalue weighted by Crippen LogP contribution is 2.07. The lowest BCUT2D eigenvalue weighted by atomic mass is 10.1. The van der Waals surface area contributed by atoms with E-state index >= 15 is 0 Å². The Kier molecular flexibility index (Phi) is 2.25. The fraction of sp³-hybridized carbons (Fsp3) is 0.714. The quantitative estimate of drug-likeness (QED) is 0.553. The summed E-state index contributed by atoms with van der Waals surface area (Å²) in [7, 11) is 0. The average molecular weight is 127 g/mol. The molecule has 1 rings (SSSR count). The van der Waals surface area contributed by atoms with Crippen LogP contribution in [-0.4, -0.2) is 18.8 Å². The van der Waals surface area contributed by atoms with E-state index in [4.69, 9.17) is 10.5 Å². The van der Waals surface area contributed by atoms with Crippen LogP contribution < -0.4 is 5.73 Å². The first-order valence-corrected chi connectivity index (χ1v) is 3.38. The summed E-state index contributed by atoms with van der Waals surface area (Å²) in [4.78, 5) is 0. The van der Waals surface area contributed by atoms with Gasteiger partial charge in [-0.3, -0.25) is 0 Å². The summed E-state index contributed by atoms with van der Waals surface area (Å²) in [6.07, 6.45) is 5.21. The SMILES string of the molecule is CCC(N)[C@@H]1C=CCO1. The Balaban J connectivity index is 2.33. The number of ether oxygens (including phenoxy) is 1. The first kappa shape index (κ1) is 6.78. The smallest absolute Gasteiger partial charge is 0.0911 e. The van der Waals surface area contributed by atoms with Crippen molar-refractivity contribution in [3.8, 4) is 0 Å². The molecule has 0 amide bonds. The zero-order valence-corrected chi connectivity index (χ0v) is 5.71. The van der Waals surface area contributed by atoms with Crippen molar-refractivity contribution in [2.75, 3.05) is 6.61 Å². The minimum Gasteiger partial charge on any atom is -0.368 e. The van der Waals surface area contributed by atoms with Crippen LogP contribution in [0.25, 0.3) is 0 Å². The topological polar surface area (TPSA) is 35.2 Å². The molecule has 1 aliphatic rings. The number of hydrogen-bond donors (Lipinski definition) is 1. The maximum absolute atomic E-state index is 5.70. The Morgan fingerprint density at radius 1 is 1.89 bits per heavy atom. The summed E-state index contributed by atoms with van der Waals surface area (Å²) < 4.78 is 5.27. The lowest BCUT2D eigenvalue weighted by molar-refractivity contribution is 0.106. The first-order valence-electron chi connectivity index (χ1n) is 3.38. The van der Waals surface area contributed by atoms with Crippen molar-refractivity contribution in [1.82, 2.24) is 0 Å². The minimum absolute atomic E-state index is 0.176. The fourth-order valence-electron chi connectivity index (χ4n) is 0.911. The highest BCUT2D eigenvalue weighted by atomic mass is 16.5. The molecular formula is C7H13NO. The molecule has 0 aliphatic carbocycles. The zero-order valence-electron chi connectivity index (χ0n) is 5.71. The van der Waals surface area contributed by atoms with Crippen molar-refractivity contribution in [1.29, 1.82) is 0 Å². The Morgan fingerprint density at radius 3 is 3.11 bits per heavy atom. The second-order valence-electron chi connectivity index (χ2n) is 2.30. The van der Waals surface area contributed by atoms with Crippen LogP contribution in [-0.2, 0) is 4.74 Å². The van der Waals surface area contributed by atoms with Gasteiger partial charge < -0.3 is 10.5 Å². The van der Waals surface area contributed by atoms with Gasteiger partial charge in [-0.15, -0.1) is 0 Å². The van der Waals surface area contributed by atoms with Gasteiger partial charge in [0.2, 0.25) is 0 Å². The summed E-state index contributed by atoms with van der Waals surface area (Å²) in [6, 6.07) is 0.184. The standard InChI is InChI=1S/C7H13NO/c1-2-6(8)7-4-3-5-9-7/h3-4,6-7H,2,5,8H2,1H3/t6?,7-/m0/s1. The Labute approximate surface area is 55.7 Å². The molecule has 1 heterocycles. The van der Waals surface area contributed by atoms with E-state index in [1.807, 2.05) is 12.2 Å². The van der Waals surface area contributed by atoms with E-state index in [1.165, 1.54) is 0 Å². The van der Waals surface area contributed by atoms with Crippen molar-refractivity contribution in [2.24, 2.45) is 5.73 Å². The molecule has 0 saturated carbocycles. The molecule has 2 heteroatoms. The third kappa shape index (κ3) is 1.53. The maximum atomic E-state index is 5.70. The molecule has 0 fully saturated rings. The van der Waals surface area contributed by atoms with Gasteiger partial charge >= 0.3 is 0 Å². The van der Waals surface area contributed by atoms with Gasteiger partial charge in [-0.25, -0.2) is 0 Å². The van der Waals surface area contributed by atoms with Crippen LogP contribution in [0.2, 0.25) is 0 Å². The predicted octanol–water partition coefficient (Wildman–Crippen LogP) is 0.679. The lowest BCUT2D eigenvalue weighted by Gasteiger charge is -2.14. The molecule has 0 spiro atoms. The Bertz CT molecular complexity index is 111. The summed E-state index contributed by atoms with van der Waals surface area (Å²) in [5.74, 6) is 0. The lowest BCUT2D eigenvalue weighted by Crippen LogP contribution is -2.32. The van der Waals surface area contributed by atoms with Crippen LogP contribution in [0.5, 0.6) is 0 Å². The van der Waals surface area contributed by atoms with Gasteiger partial charge in [-0.1, -0.05) is 19.1 Å². The summed E-state index contributed by atoms with van der Waals surface area (Å²) >= 11 is 0. The molecule has 9 heavy (non-hydrogen) atoms. The molecule has 0 aromatic heterocycles. The summed E-state index contributed by atoms with van der Waals surface area (Å²) in [5.41, 5.74) is 5.70. The van der Waals surface area contributed by atoms with E-state index in [0.29, 0.717) is 0 Å². The van der Waals surface area contributed by atoms with E-state index in [2.05, 4.69) is 6.92 Å². The van der Waals surface area contributed by atoms with E-state index in [-0.39, 0.29) is 12.1 Å². The van der Waals surface area contributed by atoms with Gasteiger partial charge in [0.15, 0.2) is 0 Å². The normalized spacial score (nSPS) is 28.9. The average Bonchev–Trinajstić information content (AvgIpc) is 2.37. The third-order valence-electron chi connectivity index (χ3n) is 1.60. The van der Waals surface area contributed by atoms with Gasteiger partial charge in [0, 0.05) is 6.04 Å². The third-order valence-corrected chi connectivity index (χ3v) is 1.60. The summed E-state index contributed by atoms with van der Waals surface area (Å²) in [6.45, 7) is 2.80. The van der Waals surface area contributed by atoms with Gasteiger partial charge in [-0.2, -0.15) is 0 Å². The highest BCUT2D eigenvalue weighted by molar-refractivity contribution is 4.99. The van der Waals surface area contributed by atoms with Crippen molar-refractivity contribution in [3.63, 3.8) is 0 Å². The van der Waals surface area contributed by atoms with Crippen molar-refractivity contribution < 1.29 is 4.74 Å². The van der Waals surface area contributed by atoms with Crippen molar-refractivity contribution >= 4 is 0 Å². The molecule has 0 saturated heterocycles. The Morgan fingerprint density at radius 2 is 2.67 bits per heavy atom. The number of nitrogens with two attached hydrogens (primary N) is 1. The molecular weight excluding hydrogens is 114 g/mol. The second kappa shape index (κ2) is 2.99. The van der Waals surface area contributed by atoms with Crippen LogP contribution in [0.15, 0.2) is 12.2 Å². The van der Waals surface area contributed by atoms with E-state index in [1.54, 1.807) is 0 Å². The van der Waals surface area contributed by atoms with Crippen LogP contribution in [0.3, 0.4) is 0 Å². The predicted molar refractivity (Wildman–Crippen MR) is 37.1 cm³/mol. The van der Waals surface area contributed by atoms with Crippen molar-refractivity contribution in [3.05, 3.63) is 12.2 Å². The van der Waals surface area contributed by atoms with Crippen LogP contribution in [0.4, 0.5) is 0 Å². The molecule has 52 valence electrons. The Hall–Kier alpha value is -0.340. The maximum Gasteiger partial charge on any atom is 0.0911 e. The summed E-state index contributed by atoms with van der Waals surface area (Å²) in [5, 5.41) is 0. The molecule has 0 aromatic rings.